The molecule has 168 valence electrons. The Morgan fingerprint density at radius 1 is 1.03 bits per heavy atom. The van der Waals surface area contributed by atoms with Crippen LogP contribution in [0, 0.1) is 5.92 Å². The van der Waals surface area contributed by atoms with Gasteiger partial charge in [-0.15, -0.1) is 0 Å². The number of nitrogens with zero attached hydrogens (tertiary/aromatic N) is 1. The lowest BCUT2D eigenvalue weighted by Gasteiger charge is -2.31. The Bertz CT molecular complexity index is 971. The summed E-state index contributed by atoms with van der Waals surface area (Å²) < 4.78 is 37.5. The van der Waals surface area contributed by atoms with Crippen molar-refractivity contribution in [3.8, 4) is 11.5 Å². The summed E-state index contributed by atoms with van der Waals surface area (Å²) in [7, 11) is -0.268. The van der Waals surface area contributed by atoms with E-state index in [0.29, 0.717) is 48.4 Å². The van der Waals surface area contributed by atoms with E-state index in [1.54, 1.807) is 48.9 Å². The van der Waals surface area contributed by atoms with Gasteiger partial charge in [-0.05, 0) is 55.0 Å². The number of benzene rings is 2. The van der Waals surface area contributed by atoms with Crippen LogP contribution >= 0.6 is 0 Å². The topological polar surface area (TPSA) is 84.9 Å². The van der Waals surface area contributed by atoms with Gasteiger partial charge in [-0.3, -0.25) is 4.79 Å². The maximum absolute atomic E-state index is 12.7. The fraction of sp³-hybridized carbons (Fsp3) is 0.435. The molecule has 1 aliphatic rings. The minimum atomic E-state index is -3.43. The minimum absolute atomic E-state index is 0.00544. The molecule has 8 heteroatoms. The van der Waals surface area contributed by atoms with Crippen LogP contribution in [0.2, 0.25) is 0 Å². The summed E-state index contributed by atoms with van der Waals surface area (Å²) in [6.07, 6.45) is 2.74. The molecule has 1 heterocycles. The zero-order valence-corrected chi connectivity index (χ0v) is 18.9. The lowest BCUT2D eigenvalue weighted by atomic mass is 9.93. The molecule has 0 radical (unpaired) electrons. The van der Waals surface area contributed by atoms with Gasteiger partial charge >= 0.3 is 0 Å². The highest BCUT2D eigenvalue weighted by atomic mass is 32.2. The molecule has 1 saturated heterocycles. The van der Waals surface area contributed by atoms with Gasteiger partial charge in [0, 0.05) is 26.1 Å². The Morgan fingerprint density at radius 3 is 2.35 bits per heavy atom. The van der Waals surface area contributed by atoms with E-state index in [1.165, 1.54) is 0 Å². The van der Waals surface area contributed by atoms with Gasteiger partial charge in [0.05, 0.1) is 19.1 Å². The van der Waals surface area contributed by atoms with E-state index in [1.807, 2.05) is 18.2 Å². The number of carbonyl (C=O) groups excluding carboxylic acids is 1. The third-order valence-electron chi connectivity index (χ3n) is 5.67. The number of nitrogens with one attached hydrogen (secondary N) is 1. The number of hydrogen-bond donors (Lipinski definition) is 1. The monoisotopic (exact) mass is 446 g/mol. The summed E-state index contributed by atoms with van der Waals surface area (Å²) in [6, 6.07) is 14.1. The summed E-state index contributed by atoms with van der Waals surface area (Å²) in [4.78, 5) is 12.6. The Morgan fingerprint density at radius 2 is 1.71 bits per heavy atom. The number of sulfonamides is 1. The van der Waals surface area contributed by atoms with Crippen LogP contribution in [0.3, 0.4) is 0 Å². The van der Waals surface area contributed by atoms with Crippen molar-refractivity contribution in [2.75, 3.05) is 27.3 Å². The van der Waals surface area contributed by atoms with Crippen LogP contribution in [-0.2, 0) is 21.4 Å². The van der Waals surface area contributed by atoms with Gasteiger partial charge in [-0.2, -0.15) is 4.31 Å². The predicted molar refractivity (Wildman–Crippen MR) is 119 cm³/mol. The van der Waals surface area contributed by atoms with E-state index in [4.69, 9.17) is 9.47 Å². The molecule has 7 nitrogen and oxygen atoms in total. The highest BCUT2D eigenvalue weighted by Gasteiger charge is 2.29. The van der Waals surface area contributed by atoms with E-state index < -0.39 is 10.0 Å². The first kappa shape index (κ1) is 23.1. The van der Waals surface area contributed by atoms with Crippen LogP contribution < -0.4 is 14.8 Å². The lowest BCUT2D eigenvalue weighted by Crippen LogP contribution is -2.38. The summed E-state index contributed by atoms with van der Waals surface area (Å²) in [5, 5.41) is 2.94. The van der Waals surface area contributed by atoms with Crippen molar-refractivity contribution in [1.82, 2.24) is 9.62 Å². The Kier molecular flexibility index (Phi) is 7.92. The van der Waals surface area contributed by atoms with E-state index in [9.17, 15) is 13.2 Å². The zero-order chi connectivity index (χ0) is 22.3. The maximum atomic E-state index is 12.7. The predicted octanol–water partition coefficient (Wildman–Crippen LogP) is 3.20. The summed E-state index contributed by atoms with van der Waals surface area (Å²) >= 11 is 0. The van der Waals surface area contributed by atoms with Crippen molar-refractivity contribution in [3.05, 3.63) is 54.1 Å². The number of amides is 1. The number of hydrogen-bond acceptors (Lipinski definition) is 5. The summed E-state index contributed by atoms with van der Waals surface area (Å²) in [5.74, 6) is 1.63. The Hall–Kier alpha value is -2.58. The second-order valence-electron chi connectivity index (χ2n) is 7.67. The van der Waals surface area contributed by atoms with Gasteiger partial charge in [0.15, 0.2) is 11.5 Å². The molecule has 2 aromatic carbocycles. The molecular formula is C23H30N2O5S. The normalized spacial score (nSPS) is 15.4. The minimum Gasteiger partial charge on any atom is -0.493 e. The molecule has 0 unspecified atom stereocenters. The lowest BCUT2D eigenvalue weighted by molar-refractivity contribution is -0.121. The number of piperidine rings is 1. The van der Waals surface area contributed by atoms with Crippen LogP contribution in [-0.4, -0.2) is 45.9 Å². The molecule has 1 N–H and O–H groups in total. The fourth-order valence-corrected chi connectivity index (χ4v) is 5.29. The average Bonchev–Trinajstić information content (AvgIpc) is 2.82. The number of carbonyl (C=O) groups is 1. The molecular weight excluding hydrogens is 416 g/mol. The van der Waals surface area contributed by atoms with Crippen molar-refractivity contribution < 1.29 is 22.7 Å². The number of methoxy groups -OCH3 is 2. The molecule has 31 heavy (non-hydrogen) atoms. The van der Waals surface area contributed by atoms with Crippen molar-refractivity contribution in [1.29, 1.82) is 0 Å². The Balaban J connectivity index is 1.42. The van der Waals surface area contributed by atoms with Gasteiger partial charge in [-0.1, -0.05) is 24.3 Å². The largest absolute Gasteiger partial charge is 0.493 e. The van der Waals surface area contributed by atoms with Crippen molar-refractivity contribution in [2.24, 2.45) is 5.92 Å². The van der Waals surface area contributed by atoms with Gasteiger partial charge in [-0.25, -0.2) is 8.42 Å². The number of ether oxygens (including phenoxy) is 2. The van der Waals surface area contributed by atoms with E-state index in [0.717, 1.165) is 24.8 Å². The highest BCUT2D eigenvalue weighted by Crippen LogP contribution is 2.28. The quantitative estimate of drug-likeness (QED) is 0.639. The van der Waals surface area contributed by atoms with Crippen LogP contribution in [0.5, 0.6) is 11.5 Å². The van der Waals surface area contributed by atoms with Crippen LogP contribution in [0.15, 0.2) is 53.4 Å². The first-order chi connectivity index (χ1) is 14.9. The van der Waals surface area contributed by atoms with E-state index in [-0.39, 0.29) is 5.91 Å². The third kappa shape index (κ3) is 5.98. The van der Waals surface area contributed by atoms with Gasteiger partial charge < -0.3 is 14.8 Å². The molecule has 0 bridgehead atoms. The van der Waals surface area contributed by atoms with Crippen LogP contribution in [0.4, 0.5) is 0 Å². The molecule has 3 rings (SSSR count). The standard InChI is InChI=1S/C23H30N2O5S/c1-29-21-10-8-19(16-22(21)30-2)17-24-23(26)11-9-18-12-14-25(15-13-18)31(27,28)20-6-4-3-5-7-20/h3-8,10,16,18H,9,11-15,17H2,1-2H3,(H,24,26). The Labute approximate surface area is 184 Å². The average molecular weight is 447 g/mol. The van der Waals surface area contributed by atoms with Crippen molar-refractivity contribution >= 4 is 15.9 Å². The fourth-order valence-electron chi connectivity index (χ4n) is 3.79. The molecule has 2 aromatic rings. The van der Waals surface area contributed by atoms with Crippen molar-refractivity contribution in [2.45, 2.75) is 37.1 Å². The second kappa shape index (κ2) is 10.6. The molecule has 0 atom stereocenters. The first-order valence-electron chi connectivity index (χ1n) is 10.5. The molecule has 0 aliphatic carbocycles. The van der Waals surface area contributed by atoms with E-state index >= 15 is 0 Å². The first-order valence-corrected chi connectivity index (χ1v) is 11.9. The smallest absolute Gasteiger partial charge is 0.243 e. The maximum Gasteiger partial charge on any atom is 0.243 e. The molecule has 0 spiro atoms. The summed E-state index contributed by atoms with van der Waals surface area (Å²) in [6.45, 7) is 1.41. The molecule has 0 saturated carbocycles. The van der Waals surface area contributed by atoms with Gasteiger partial charge in [0.2, 0.25) is 15.9 Å². The van der Waals surface area contributed by atoms with Crippen molar-refractivity contribution in [3.63, 3.8) is 0 Å². The molecule has 1 aliphatic heterocycles. The second-order valence-corrected chi connectivity index (χ2v) is 9.60. The molecule has 0 aromatic heterocycles. The zero-order valence-electron chi connectivity index (χ0n) is 18.0. The molecule has 1 fully saturated rings. The van der Waals surface area contributed by atoms with E-state index in [2.05, 4.69) is 5.32 Å². The third-order valence-corrected chi connectivity index (χ3v) is 7.58. The SMILES string of the molecule is COc1ccc(CNC(=O)CCC2CCN(S(=O)(=O)c3ccccc3)CC2)cc1OC. The summed E-state index contributed by atoms with van der Waals surface area (Å²) in [5.41, 5.74) is 0.936. The van der Waals surface area contributed by atoms with Crippen LogP contribution in [0.1, 0.15) is 31.2 Å². The number of rotatable bonds is 9. The highest BCUT2D eigenvalue weighted by molar-refractivity contribution is 7.89. The van der Waals surface area contributed by atoms with Crippen LogP contribution in [0.25, 0.3) is 0 Å². The van der Waals surface area contributed by atoms with Gasteiger partial charge in [0.1, 0.15) is 0 Å². The van der Waals surface area contributed by atoms with Gasteiger partial charge in [0.25, 0.3) is 0 Å². The molecule has 1 amide bonds.